The van der Waals surface area contributed by atoms with E-state index in [1.54, 1.807) is 0 Å². The van der Waals surface area contributed by atoms with E-state index in [2.05, 4.69) is 19.8 Å². The molecule has 0 heteroatoms. The Morgan fingerprint density at radius 3 is 2.44 bits per heavy atom. The van der Waals surface area contributed by atoms with Crippen molar-refractivity contribution in [1.82, 2.24) is 0 Å². The van der Waals surface area contributed by atoms with Gasteiger partial charge < -0.3 is 0 Å². The number of terminal acetylenes is 1. The number of hydrogen-bond donors (Lipinski definition) is 0. The standard InChI is InChI=1S/C9H14/c1-4-8-6-5-7-9(8,2)3/h1,8H,5-7H2,2-3H3. The Bertz CT molecular complexity index is 137. The first-order valence-electron chi connectivity index (χ1n) is 3.63. The predicted octanol–water partition coefficient (Wildman–Crippen LogP) is 2.45. The summed E-state index contributed by atoms with van der Waals surface area (Å²) < 4.78 is 0. The first-order chi connectivity index (χ1) is 4.17. The molecule has 0 aromatic rings. The summed E-state index contributed by atoms with van der Waals surface area (Å²) in [6.45, 7) is 4.54. The molecule has 1 aliphatic carbocycles. The molecule has 9 heavy (non-hydrogen) atoms. The maximum atomic E-state index is 5.36. The normalized spacial score (nSPS) is 31.9. The Morgan fingerprint density at radius 1 is 1.56 bits per heavy atom. The molecule has 1 atom stereocenters. The molecule has 1 rings (SSSR count). The van der Waals surface area contributed by atoms with Crippen LogP contribution in [0.5, 0.6) is 0 Å². The maximum Gasteiger partial charge on any atom is 0.0251 e. The molecule has 1 aliphatic rings. The third kappa shape index (κ3) is 1.10. The molecule has 0 radical (unpaired) electrons. The Balaban J connectivity index is 2.65. The Labute approximate surface area is 57.7 Å². The van der Waals surface area contributed by atoms with E-state index in [0.717, 1.165) is 0 Å². The Morgan fingerprint density at radius 2 is 2.22 bits per heavy atom. The highest BCUT2D eigenvalue weighted by molar-refractivity contribution is 5.03. The van der Waals surface area contributed by atoms with Crippen LogP contribution in [0.15, 0.2) is 0 Å². The molecule has 0 bridgehead atoms. The van der Waals surface area contributed by atoms with Gasteiger partial charge in [0.15, 0.2) is 0 Å². The summed E-state index contributed by atoms with van der Waals surface area (Å²) in [4.78, 5) is 0. The van der Waals surface area contributed by atoms with Crippen molar-refractivity contribution in [3.63, 3.8) is 0 Å². The van der Waals surface area contributed by atoms with Gasteiger partial charge in [0.2, 0.25) is 0 Å². The van der Waals surface area contributed by atoms with E-state index in [9.17, 15) is 0 Å². The minimum Gasteiger partial charge on any atom is -0.120 e. The molecule has 0 spiro atoms. The van der Waals surface area contributed by atoms with Crippen molar-refractivity contribution >= 4 is 0 Å². The van der Waals surface area contributed by atoms with Crippen molar-refractivity contribution < 1.29 is 0 Å². The third-order valence-corrected chi connectivity index (χ3v) is 2.46. The van der Waals surface area contributed by atoms with Crippen LogP contribution in [-0.2, 0) is 0 Å². The lowest BCUT2D eigenvalue weighted by Gasteiger charge is -2.21. The Hall–Kier alpha value is -0.440. The molecule has 50 valence electrons. The van der Waals surface area contributed by atoms with Crippen molar-refractivity contribution in [1.29, 1.82) is 0 Å². The fourth-order valence-corrected chi connectivity index (χ4v) is 1.64. The first kappa shape index (κ1) is 6.68. The van der Waals surface area contributed by atoms with E-state index in [1.165, 1.54) is 19.3 Å². The van der Waals surface area contributed by atoms with Gasteiger partial charge in [0, 0.05) is 5.92 Å². The van der Waals surface area contributed by atoms with Crippen LogP contribution in [0.3, 0.4) is 0 Å². The van der Waals surface area contributed by atoms with E-state index < -0.39 is 0 Å². The molecule has 0 N–H and O–H groups in total. The Kier molecular flexibility index (Phi) is 1.53. The van der Waals surface area contributed by atoms with Gasteiger partial charge in [-0.25, -0.2) is 0 Å². The highest BCUT2D eigenvalue weighted by Crippen LogP contribution is 2.41. The summed E-state index contributed by atoms with van der Waals surface area (Å²) in [7, 11) is 0. The molecule has 1 fully saturated rings. The van der Waals surface area contributed by atoms with E-state index in [0.29, 0.717) is 11.3 Å². The molecule has 1 saturated carbocycles. The second-order valence-electron chi connectivity index (χ2n) is 3.60. The average molecular weight is 122 g/mol. The van der Waals surface area contributed by atoms with Gasteiger partial charge in [-0.05, 0) is 18.3 Å². The van der Waals surface area contributed by atoms with Crippen molar-refractivity contribution in [3.05, 3.63) is 0 Å². The molecule has 0 aromatic heterocycles. The zero-order valence-electron chi connectivity index (χ0n) is 6.28. The largest absolute Gasteiger partial charge is 0.120 e. The highest BCUT2D eigenvalue weighted by Gasteiger charge is 2.32. The summed E-state index contributed by atoms with van der Waals surface area (Å²) >= 11 is 0. The minimum atomic E-state index is 0.425. The summed E-state index contributed by atoms with van der Waals surface area (Å²) in [5.41, 5.74) is 0.425. The summed E-state index contributed by atoms with van der Waals surface area (Å²) in [5.74, 6) is 3.39. The van der Waals surface area contributed by atoms with Crippen LogP contribution in [0.4, 0.5) is 0 Å². The fourth-order valence-electron chi connectivity index (χ4n) is 1.64. The van der Waals surface area contributed by atoms with Crippen molar-refractivity contribution in [2.24, 2.45) is 11.3 Å². The van der Waals surface area contributed by atoms with Gasteiger partial charge >= 0.3 is 0 Å². The molecular formula is C9H14. The quantitative estimate of drug-likeness (QED) is 0.433. The lowest BCUT2D eigenvalue weighted by molar-refractivity contribution is 0.319. The summed E-state index contributed by atoms with van der Waals surface area (Å²) in [6, 6.07) is 0. The van der Waals surface area contributed by atoms with Crippen LogP contribution in [0.25, 0.3) is 0 Å². The fraction of sp³-hybridized carbons (Fsp3) is 0.778. The van der Waals surface area contributed by atoms with E-state index in [1.807, 2.05) is 0 Å². The van der Waals surface area contributed by atoms with Gasteiger partial charge in [0.1, 0.15) is 0 Å². The van der Waals surface area contributed by atoms with Crippen LogP contribution < -0.4 is 0 Å². The summed E-state index contributed by atoms with van der Waals surface area (Å²) in [6.07, 6.45) is 9.23. The SMILES string of the molecule is C#CC1CCCC1(C)C. The number of hydrogen-bond acceptors (Lipinski definition) is 0. The van der Waals surface area contributed by atoms with Crippen molar-refractivity contribution in [2.75, 3.05) is 0 Å². The lowest BCUT2D eigenvalue weighted by atomic mass is 9.83. The monoisotopic (exact) mass is 122 g/mol. The van der Waals surface area contributed by atoms with E-state index >= 15 is 0 Å². The van der Waals surface area contributed by atoms with Crippen LogP contribution in [0, 0.1) is 23.7 Å². The van der Waals surface area contributed by atoms with Gasteiger partial charge in [0.05, 0.1) is 0 Å². The van der Waals surface area contributed by atoms with Crippen molar-refractivity contribution in [3.8, 4) is 12.3 Å². The van der Waals surface area contributed by atoms with Crippen molar-refractivity contribution in [2.45, 2.75) is 33.1 Å². The van der Waals surface area contributed by atoms with E-state index in [4.69, 9.17) is 6.42 Å². The molecular weight excluding hydrogens is 108 g/mol. The van der Waals surface area contributed by atoms with Crippen LogP contribution >= 0.6 is 0 Å². The molecule has 0 heterocycles. The summed E-state index contributed by atoms with van der Waals surface area (Å²) in [5, 5.41) is 0. The second kappa shape index (κ2) is 2.06. The third-order valence-electron chi connectivity index (χ3n) is 2.46. The van der Waals surface area contributed by atoms with Gasteiger partial charge in [-0.15, -0.1) is 12.3 Å². The highest BCUT2D eigenvalue weighted by atomic mass is 14.4. The molecule has 0 aliphatic heterocycles. The average Bonchev–Trinajstić information content (AvgIpc) is 2.08. The minimum absolute atomic E-state index is 0.425. The van der Waals surface area contributed by atoms with Crippen LogP contribution in [-0.4, -0.2) is 0 Å². The molecule has 0 aromatic carbocycles. The van der Waals surface area contributed by atoms with Gasteiger partial charge in [-0.3, -0.25) is 0 Å². The van der Waals surface area contributed by atoms with Gasteiger partial charge in [-0.1, -0.05) is 20.3 Å². The maximum absolute atomic E-state index is 5.36. The molecule has 0 nitrogen and oxygen atoms in total. The van der Waals surface area contributed by atoms with Crippen LogP contribution in [0.1, 0.15) is 33.1 Å². The predicted molar refractivity (Wildman–Crippen MR) is 40.0 cm³/mol. The lowest BCUT2D eigenvalue weighted by Crippen LogP contribution is -2.14. The zero-order chi connectivity index (χ0) is 6.91. The molecule has 0 saturated heterocycles. The molecule has 1 unspecified atom stereocenters. The topological polar surface area (TPSA) is 0 Å². The number of rotatable bonds is 0. The van der Waals surface area contributed by atoms with Crippen LogP contribution in [0.2, 0.25) is 0 Å². The zero-order valence-corrected chi connectivity index (χ0v) is 6.28. The van der Waals surface area contributed by atoms with Gasteiger partial charge in [0.25, 0.3) is 0 Å². The second-order valence-corrected chi connectivity index (χ2v) is 3.60. The molecule has 0 amide bonds. The first-order valence-corrected chi connectivity index (χ1v) is 3.63. The van der Waals surface area contributed by atoms with E-state index in [-0.39, 0.29) is 0 Å². The van der Waals surface area contributed by atoms with Gasteiger partial charge in [-0.2, -0.15) is 0 Å². The smallest absolute Gasteiger partial charge is 0.0251 e.